The maximum Gasteiger partial charge on any atom is 0.0447 e. The van der Waals surface area contributed by atoms with Gasteiger partial charge in [-0.3, -0.25) is 0 Å². The number of hydrogen-bond acceptors (Lipinski definition) is 3. The van der Waals surface area contributed by atoms with Crippen LogP contribution in [0.25, 0.3) is 0 Å². The maximum absolute atomic E-state index is 8.92. The Labute approximate surface area is 97.9 Å². The minimum absolute atomic E-state index is 0.227. The van der Waals surface area contributed by atoms with Gasteiger partial charge in [0.1, 0.15) is 0 Å². The van der Waals surface area contributed by atoms with Crippen molar-refractivity contribution in [1.29, 1.82) is 0 Å². The molecule has 90 valence electrons. The van der Waals surface area contributed by atoms with E-state index in [9.17, 15) is 0 Å². The quantitative estimate of drug-likeness (QED) is 0.751. The summed E-state index contributed by atoms with van der Waals surface area (Å²) in [6.07, 6.45) is 0.784. The third-order valence-electron chi connectivity index (χ3n) is 2.72. The molecular formula is C13H22N2O. The Hall–Kier alpha value is -1.22. The van der Waals surface area contributed by atoms with Crippen LogP contribution in [0.4, 0.5) is 11.4 Å². The summed E-state index contributed by atoms with van der Waals surface area (Å²) in [5.41, 5.74) is 9.00. The van der Waals surface area contributed by atoms with Crippen LogP contribution in [-0.4, -0.2) is 24.3 Å². The highest BCUT2D eigenvalue weighted by atomic mass is 16.3. The van der Waals surface area contributed by atoms with E-state index in [2.05, 4.69) is 25.7 Å². The van der Waals surface area contributed by atoms with Crippen LogP contribution in [0.2, 0.25) is 0 Å². The Kier molecular flexibility index (Phi) is 4.62. The first-order chi connectivity index (χ1) is 7.56. The van der Waals surface area contributed by atoms with E-state index >= 15 is 0 Å². The van der Waals surface area contributed by atoms with Crippen LogP contribution in [0.15, 0.2) is 18.2 Å². The van der Waals surface area contributed by atoms with Gasteiger partial charge in [0.2, 0.25) is 0 Å². The number of aliphatic hydroxyl groups excluding tert-OH is 1. The van der Waals surface area contributed by atoms with Crippen LogP contribution in [0, 0.1) is 6.92 Å². The molecule has 0 aliphatic heterocycles. The van der Waals surface area contributed by atoms with Crippen LogP contribution < -0.4 is 10.6 Å². The largest absolute Gasteiger partial charge is 0.399 e. The van der Waals surface area contributed by atoms with E-state index in [1.165, 1.54) is 11.3 Å². The molecule has 0 radical (unpaired) electrons. The Balaban J connectivity index is 2.95. The van der Waals surface area contributed by atoms with E-state index < -0.39 is 0 Å². The lowest BCUT2D eigenvalue weighted by Crippen LogP contribution is -2.32. The predicted molar refractivity (Wildman–Crippen MR) is 69.8 cm³/mol. The fraction of sp³-hybridized carbons (Fsp3) is 0.538. The average Bonchev–Trinajstić information content (AvgIpc) is 2.23. The first kappa shape index (κ1) is 12.8. The molecule has 16 heavy (non-hydrogen) atoms. The van der Waals surface area contributed by atoms with Gasteiger partial charge in [0, 0.05) is 30.6 Å². The fourth-order valence-electron chi connectivity index (χ4n) is 1.83. The Morgan fingerprint density at radius 1 is 1.38 bits per heavy atom. The molecule has 0 atom stereocenters. The topological polar surface area (TPSA) is 49.5 Å². The summed E-state index contributed by atoms with van der Waals surface area (Å²) in [7, 11) is 0. The van der Waals surface area contributed by atoms with Crippen molar-refractivity contribution in [3.05, 3.63) is 23.8 Å². The molecule has 0 unspecified atom stereocenters. The van der Waals surface area contributed by atoms with Gasteiger partial charge >= 0.3 is 0 Å². The van der Waals surface area contributed by atoms with Gasteiger partial charge in [0.15, 0.2) is 0 Å². The van der Waals surface area contributed by atoms with E-state index in [0.29, 0.717) is 6.04 Å². The third kappa shape index (κ3) is 3.14. The molecule has 0 aromatic heterocycles. The van der Waals surface area contributed by atoms with Gasteiger partial charge < -0.3 is 15.7 Å². The van der Waals surface area contributed by atoms with Crippen molar-refractivity contribution in [2.24, 2.45) is 0 Å². The summed E-state index contributed by atoms with van der Waals surface area (Å²) < 4.78 is 0. The van der Waals surface area contributed by atoms with Crippen molar-refractivity contribution in [1.82, 2.24) is 0 Å². The van der Waals surface area contributed by atoms with E-state index in [1.54, 1.807) is 0 Å². The van der Waals surface area contributed by atoms with Crippen LogP contribution >= 0.6 is 0 Å². The molecule has 1 aromatic carbocycles. The smallest absolute Gasteiger partial charge is 0.0447 e. The third-order valence-corrected chi connectivity index (χ3v) is 2.72. The summed E-state index contributed by atoms with van der Waals surface area (Å²) >= 11 is 0. The van der Waals surface area contributed by atoms with Gasteiger partial charge in [-0.15, -0.1) is 0 Å². The highest BCUT2D eigenvalue weighted by Crippen LogP contribution is 2.24. The Bertz CT molecular complexity index is 337. The number of nitrogen functional groups attached to an aromatic ring is 1. The zero-order valence-electron chi connectivity index (χ0n) is 10.4. The summed E-state index contributed by atoms with van der Waals surface area (Å²) in [5, 5.41) is 8.92. The molecule has 0 heterocycles. The molecule has 1 aromatic rings. The second-order valence-corrected chi connectivity index (χ2v) is 4.41. The average molecular weight is 222 g/mol. The second kappa shape index (κ2) is 5.75. The number of aryl methyl sites for hydroxylation is 1. The van der Waals surface area contributed by atoms with Gasteiger partial charge in [-0.25, -0.2) is 0 Å². The fourth-order valence-corrected chi connectivity index (χ4v) is 1.83. The van der Waals surface area contributed by atoms with E-state index in [-0.39, 0.29) is 6.61 Å². The van der Waals surface area contributed by atoms with Gasteiger partial charge in [-0.2, -0.15) is 0 Å². The number of anilines is 2. The van der Waals surface area contributed by atoms with E-state index in [0.717, 1.165) is 18.7 Å². The zero-order chi connectivity index (χ0) is 12.1. The molecule has 0 bridgehead atoms. The molecule has 3 heteroatoms. The molecule has 0 aliphatic rings. The van der Waals surface area contributed by atoms with Crippen LogP contribution in [-0.2, 0) is 0 Å². The number of aliphatic hydroxyl groups is 1. The molecule has 3 N–H and O–H groups in total. The highest BCUT2D eigenvalue weighted by Gasteiger charge is 2.12. The standard InChI is InChI=1S/C13H22N2O/c1-10(2)15(7-4-8-16)13-9-12(14)6-5-11(13)3/h5-6,9-10,16H,4,7-8,14H2,1-3H3. The van der Waals surface area contributed by atoms with E-state index in [4.69, 9.17) is 10.8 Å². The van der Waals surface area contributed by atoms with Crippen molar-refractivity contribution in [2.45, 2.75) is 33.2 Å². The van der Waals surface area contributed by atoms with Gasteiger partial charge in [-0.05, 0) is 44.9 Å². The normalized spacial score (nSPS) is 10.8. The molecule has 3 nitrogen and oxygen atoms in total. The lowest BCUT2D eigenvalue weighted by Gasteiger charge is -2.30. The predicted octanol–water partition coefficient (Wildman–Crippen LogP) is 2.17. The number of benzene rings is 1. The Morgan fingerprint density at radius 3 is 2.62 bits per heavy atom. The first-order valence-electron chi connectivity index (χ1n) is 5.80. The molecule has 0 amide bonds. The maximum atomic E-state index is 8.92. The van der Waals surface area contributed by atoms with Crippen LogP contribution in [0.5, 0.6) is 0 Å². The number of rotatable bonds is 5. The summed E-state index contributed by atoms with van der Waals surface area (Å²) in [6.45, 7) is 7.48. The molecule has 0 spiro atoms. The van der Waals surface area contributed by atoms with Crippen molar-refractivity contribution < 1.29 is 5.11 Å². The Morgan fingerprint density at radius 2 is 2.06 bits per heavy atom. The SMILES string of the molecule is Cc1ccc(N)cc1N(CCCO)C(C)C. The van der Waals surface area contributed by atoms with Gasteiger partial charge in [0.05, 0.1) is 0 Å². The number of nitrogens with two attached hydrogens (primary N) is 1. The summed E-state index contributed by atoms with van der Waals surface area (Å²) in [5.74, 6) is 0. The van der Waals surface area contributed by atoms with Gasteiger partial charge in [-0.1, -0.05) is 6.07 Å². The zero-order valence-corrected chi connectivity index (χ0v) is 10.4. The first-order valence-corrected chi connectivity index (χ1v) is 5.80. The minimum atomic E-state index is 0.227. The monoisotopic (exact) mass is 222 g/mol. The highest BCUT2D eigenvalue weighted by molar-refractivity contribution is 5.61. The van der Waals surface area contributed by atoms with Crippen molar-refractivity contribution in [3.8, 4) is 0 Å². The molecule has 1 rings (SSSR count). The lowest BCUT2D eigenvalue weighted by molar-refractivity contribution is 0.288. The molecule has 0 fully saturated rings. The molecule has 0 aliphatic carbocycles. The second-order valence-electron chi connectivity index (χ2n) is 4.41. The van der Waals surface area contributed by atoms with Crippen molar-refractivity contribution in [3.63, 3.8) is 0 Å². The molecular weight excluding hydrogens is 200 g/mol. The molecule has 0 saturated carbocycles. The summed E-state index contributed by atoms with van der Waals surface area (Å²) in [6, 6.07) is 6.38. The van der Waals surface area contributed by atoms with Crippen LogP contribution in [0.1, 0.15) is 25.8 Å². The summed E-state index contributed by atoms with van der Waals surface area (Å²) in [4.78, 5) is 2.28. The van der Waals surface area contributed by atoms with E-state index in [1.807, 2.05) is 18.2 Å². The number of hydrogen-bond donors (Lipinski definition) is 2. The van der Waals surface area contributed by atoms with Gasteiger partial charge in [0.25, 0.3) is 0 Å². The number of nitrogens with zero attached hydrogens (tertiary/aromatic N) is 1. The van der Waals surface area contributed by atoms with Crippen LogP contribution in [0.3, 0.4) is 0 Å². The van der Waals surface area contributed by atoms with Crippen molar-refractivity contribution >= 4 is 11.4 Å². The van der Waals surface area contributed by atoms with Crippen molar-refractivity contribution in [2.75, 3.05) is 23.8 Å². The molecule has 0 saturated heterocycles. The lowest BCUT2D eigenvalue weighted by atomic mass is 10.1. The minimum Gasteiger partial charge on any atom is -0.399 e.